The number of nitrogens with one attached hydrogen (secondary N) is 1. The lowest BCUT2D eigenvalue weighted by molar-refractivity contribution is 0.102. The summed E-state index contributed by atoms with van der Waals surface area (Å²) in [5, 5.41) is 7.51. The normalized spacial score (nSPS) is 15.2. The smallest absolute Gasteiger partial charge is 0.275 e. The second-order valence-corrected chi connectivity index (χ2v) is 8.38. The molecule has 8 heteroatoms. The van der Waals surface area contributed by atoms with Gasteiger partial charge in [0.25, 0.3) is 5.91 Å². The lowest BCUT2D eigenvalue weighted by atomic mass is 10.1. The van der Waals surface area contributed by atoms with Gasteiger partial charge in [0.05, 0.1) is 16.8 Å². The maximum Gasteiger partial charge on any atom is 0.275 e. The molecule has 3 aromatic rings. The topological polar surface area (TPSA) is 98.7 Å². The highest BCUT2D eigenvalue weighted by Crippen LogP contribution is 2.40. The monoisotopic (exact) mass is 394 g/mol. The minimum absolute atomic E-state index is 0.247. The SMILES string of the molecule is CC(C)(C)n1nc(-c2ccc(F)cc2)cc1NC(=O)c1ccnc(C2(N)CC2)n1. The summed E-state index contributed by atoms with van der Waals surface area (Å²) in [7, 11) is 0. The number of halogens is 1. The van der Waals surface area contributed by atoms with Crippen molar-refractivity contribution in [2.45, 2.75) is 44.7 Å². The van der Waals surface area contributed by atoms with Gasteiger partial charge in [0.1, 0.15) is 23.2 Å². The predicted molar refractivity (Wildman–Crippen MR) is 108 cm³/mol. The molecule has 150 valence electrons. The summed E-state index contributed by atoms with van der Waals surface area (Å²) < 4.78 is 15.0. The average Bonchev–Trinajstić information content (AvgIpc) is 3.28. The molecule has 3 N–H and O–H groups in total. The maximum absolute atomic E-state index is 13.3. The Kier molecular flexibility index (Phi) is 4.46. The zero-order valence-corrected chi connectivity index (χ0v) is 16.6. The molecule has 0 bridgehead atoms. The Labute approximate surface area is 168 Å². The van der Waals surface area contributed by atoms with E-state index in [0.717, 1.165) is 18.4 Å². The zero-order chi connectivity index (χ0) is 20.8. The molecular formula is C21H23FN6O. The minimum atomic E-state index is -0.515. The van der Waals surface area contributed by atoms with Gasteiger partial charge < -0.3 is 11.1 Å². The predicted octanol–water partition coefficient (Wildman–Crippen LogP) is 3.43. The molecule has 0 atom stereocenters. The minimum Gasteiger partial charge on any atom is -0.319 e. The molecule has 0 saturated heterocycles. The van der Waals surface area contributed by atoms with Gasteiger partial charge in [-0.15, -0.1) is 0 Å². The first kappa shape index (κ1) is 19.2. The van der Waals surface area contributed by atoms with Crippen LogP contribution < -0.4 is 11.1 Å². The van der Waals surface area contributed by atoms with Gasteiger partial charge in [-0.1, -0.05) is 0 Å². The molecule has 1 aliphatic carbocycles. The highest BCUT2D eigenvalue weighted by atomic mass is 19.1. The van der Waals surface area contributed by atoms with Gasteiger partial charge in [-0.25, -0.2) is 19.0 Å². The van der Waals surface area contributed by atoms with E-state index in [1.807, 2.05) is 20.8 Å². The Morgan fingerprint density at radius 1 is 1.21 bits per heavy atom. The summed E-state index contributed by atoms with van der Waals surface area (Å²) in [4.78, 5) is 21.4. The van der Waals surface area contributed by atoms with Crippen LogP contribution in [0.5, 0.6) is 0 Å². The second-order valence-electron chi connectivity index (χ2n) is 8.38. The summed E-state index contributed by atoms with van der Waals surface area (Å²) >= 11 is 0. The molecule has 0 aliphatic heterocycles. The summed E-state index contributed by atoms with van der Waals surface area (Å²) in [6, 6.07) is 9.40. The van der Waals surface area contributed by atoms with Crippen molar-refractivity contribution >= 4 is 11.7 Å². The van der Waals surface area contributed by atoms with Crippen molar-refractivity contribution in [2.75, 3.05) is 5.32 Å². The Bertz CT molecular complexity index is 1060. The number of anilines is 1. The standard InChI is InChI=1S/C21H23FN6O/c1-20(2,3)28-17(12-16(27-28)13-4-6-14(22)7-5-13)26-18(29)15-8-11-24-19(25-15)21(23)9-10-21/h4-8,11-12H,9-10,23H2,1-3H3,(H,26,29). The number of amides is 1. The first-order valence-corrected chi connectivity index (χ1v) is 9.46. The van der Waals surface area contributed by atoms with Crippen LogP contribution in [0.1, 0.15) is 49.9 Å². The van der Waals surface area contributed by atoms with Crippen molar-refractivity contribution in [1.82, 2.24) is 19.7 Å². The highest BCUT2D eigenvalue weighted by molar-refractivity contribution is 6.02. The number of hydrogen-bond donors (Lipinski definition) is 2. The number of nitrogens with two attached hydrogens (primary N) is 1. The van der Waals surface area contributed by atoms with Crippen molar-refractivity contribution < 1.29 is 9.18 Å². The van der Waals surface area contributed by atoms with Crippen LogP contribution >= 0.6 is 0 Å². The van der Waals surface area contributed by atoms with Gasteiger partial charge in [-0.05, 0) is 63.9 Å². The molecule has 0 unspecified atom stereocenters. The lowest BCUT2D eigenvalue weighted by Gasteiger charge is -2.22. The van der Waals surface area contributed by atoms with E-state index in [0.29, 0.717) is 17.3 Å². The van der Waals surface area contributed by atoms with Gasteiger partial charge in [0.2, 0.25) is 0 Å². The number of benzene rings is 1. The van der Waals surface area contributed by atoms with E-state index in [1.165, 1.54) is 12.1 Å². The van der Waals surface area contributed by atoms with Crippen LogP contribution in [-0.2, 0) is 11.1 Å². The summed E-state index contributed by atoms with van der Waals surface area (Å²) in [5.74, 6) is 0.330. The average molecular weight is 394 g/mol. The van der Waals surface area contributed by atoms with Gasteiger partial charge in [-0.2, -0.15) is 5.10 Å². The van der Waals surface area contributed by atoms with Crippen LogP contribution in [0.4, 0.5) is 10.2 Å². The molecule has 2 aromatic heterocycles. The molecular weight excluding hydrogens is 371 g/mol. The molecule has 0 radical (unpaired) electrons. The van der Waals surface area contributed by atoms with E-state index in [4.69, 9.17) is 5.73 Å². The lowest BCUT2D eigenvalue weighted by Crippen LogP contribution is -2.28. The van der Waals surface area contributed by atoms with Crippen molar-refractivity contribution in [2.24, 2.45) is 5.73 Å². The number of aromatic nitrogens is 4. The maximum atomic E-state index is 13.3. The van der Waals surface area contributed by atoms with Gasteiger partial charge in [0.15, 0.2) is 0 Å². The third-order valence-electron chi connectivity index (χ3n) is 4.85. The van der Waals surface area contributed by atoms with Crippen molar-refractivity contribution in [3.63, 3.8) is 0 Å². The number of nitrogens with zero attached hydrogens (tertiary/aromatic N) is 4. The molecule has 2 heterocycles. The zero-order valence-electron chi connectivity index (χ0n) is 16.6. The third kappa shape index (κ3) is 3.88. The fraction of sp³-hybridized carbons (Fsp3) is 0.333. The quantitative estimate of drug-likeness (QED) is 0.706. The number of hydrogen-bond acceptors (Lipinski definition) is 5. The van der Waals surface area contributed by atoms with Crippen molar-refractivity contribution in [1.29, 1.82) is 0 Å². The van der Waals surface area contributed by atoms with E-state index in [1.54, 1.807) is 35.1 Å². The molecule has 1 fully saturated rings. The summed E-state index contributed by atoms with van der Waals surface area (Å²) in [6.07, 6.45) is 3.18. The molecule has 1 amide bonds. The van der Waals surface area contributed by atoms with Gasteiger partial charge >= 0.3 is 0 Å². The van der Waals surface area contributed by atoms with Crippen LogP contribution in [0.3, 0.4) is 0 Å². The highest BCUT2D eigenvalue weighted by Gasteiger charge is 2.43. The van der Waals surface area contributed by atoms with Crippen LogP contribution in [0.15, 0.2) is 42.6 Å². The summed E-state index contributed by atoms with van der Waals surface area (Å²) in [6.45, 7) is 5.95. The molecule has 1 aliphatic rings. The molecule has 4 rings (SSSR count). The Balaban J connectivity index is 1.65. The van der Waals surface area contributed by atoms with Crippen LogP contribution in [0.2, 0.25) is 0 Å². The van der Waals surface area contributed by atoms with E-state index < -0.39 is 5.54 Å². The van der Waals surface area contributed by atoms with Crippen molar-refractivity contribution in [3.8, 4) is 11.3 Å². The van der Waals surface area contributed by atoms with E-state index in [9.17, 15) is 9.18 Å². The first-order chi connectivity index (χ1) is 13.7. The number of rotatable bonds is 4. The van der Waals surface area contributed by atoms with Gasteiger partial charge in [-0.3, -0.25) is 4.79 Å². The fourth-order valence-corrected chi connectivity index (χ4v) is 3.01. The molecule has 7 nitrogen and oxygen atoms in total. The molecule has 1 aromatic carbocycles. The Morgan fingerprint density at radius 2 is 1.90 bits per heavy atom. The Hall–Kier alpha value is -3.13. The van der Waals surface area contributed by atoms with Crippen LogP contribution in [0.25, 0.3) is 11.3 Å². The number of carbonyl (C=O) groups excluding carboxylic acids is 1. The Morgan fingerprint density at radius 3 is 2.52 bits per heavy atom. The largest absolute Gasteiger partial charge is 0.319 e. The molecule has 1 saturated carbocycles. The number of carbonyl (C=O) groups is 1. The second kappa shape index (κ2) is 6.73. The first-order valence-electron chi connectivity index (χ1n) is 9.46. The van der Waals surface area contributed by atoms with Crippen LogP contribution in [0, 0.1) is 5.82 Å². The fourth-order valence-electron chi connectivity index (χ4n) is 3.01. The molecule has 29 heavy (non-hydrogen) atoms. The van der Waals surface area contributed by atoms with E-state index >= 15 is 0 Å². The third-order valence-corrected chi connectivity index (χ3v) is 4.85. The van der Waals surface area contributed by atoms with E-state index in [2.05, 4.69) is 20.4 Å². The van der Waals surface area contributed by atoms with Crippen LogP contribution in [-0.4, -0.2) is 25.7 Å². The summed E-state index contributed by atoms with van der Waals surface area (Å²) in [5.41, 5.74) is 6.90. The van der Waals surface area contributed by atoms with Crippen molar-refractivity contribution in [3.05, 3.63) is 59.9 Å². The van der Waals surface area contributed by atoms with E-state index in [-0.39, 0.29) is 23.0 Å². The van der Waals surface area contributed by atoms with Gasteiger partial charge in [0, 0.05) is 17.8 Å². The molecule has 0 spiro atoms.